The van der Waals surface area contributed by atoms with E-state index in [-0.39, 0.29) is 25.3 Å². The van der Waals surface area contributed by atoms with Crippen LogP contribution in [0.4, 0.5) is 5.69 Å². The molecule has 0 saturated heterocycles. The van der Waals surface area contributed by atoms with Crippen molar-refractivity contribution in [2.75, 3.05) is 6.54 Å². The molecule has 7 N–H and O–H groups in total. The largest absolute Gasteiger partial charge is 0.627 e. The van der Waals surface area contributed by atoms with E-state index in [1.807, 2.05) is 0 Å². The molecule has 0 radical (unpaired) electrons. The predicted octanol–water partition coefficient (Wildman–Crippen LogP) is 0.887. The van der Waals surface area contributed by atoms with Gasteiger partial charge in [0.25, 0.3) is 5.91 Å². The molecule has 1 heterocycles. The quantitative estimate of drug-likeness (QED) is 0.192. The summed E-state index contributed by atoms with van der Waals surface area (Å²) in [6.45, 7) is 3.07. The number of nitrogens with two attached hydrogens (primary N) is 2. The number of primary amides is 1. The molecule has 0 aliphatic carbocycles. The second kappa shape index (κ2) is 8.10. The first-order valence-corrected chi connectivity index (χ1v) is 9.86. The summed E-state index contributed by atoms with van der Waals surface area (Å²) >= 11 is 0. The number of carbonyl (C=O) groups is 2. The molecule has 3 rings (SSSR count). The highest BCUT2D eigenvalue weighted by Crippen LogP contribution is 2.41. The summed E-state index contributed by atoms with van der Waals surface area (Å²) in [6, 6.07) is 10.3. The Hall–Kier alpha value is -3.27. The van der Waals surface area contributed by atoms with E-state index in [1.54, 1.807) is 44.2 Å². The fourth-order valence-corrected chi connectivity index (χ4v) is 3.72. The van der Waals surface area contributed by atoms with Crippen LogP contribution in [0.25, 0.3) is 0 Å². The highest BCUT2D eigenvalue weighted by Gasteiger charge is 2.45. The average molecular weight is 425 g/mol. The van der Waals surface area contributed by atoms with Crippen LogP contribution < -0.4 is 21.4 Å². The number of hydroxylamine groups is 2. The molecule has 0 fully saturated rings. The third-order valence-corrected chi connectivity index (χ3v) is 5.37. The molecule has 0 bridgehead atoms. The Bertz CT molecular complexity index is 1030. The van der Waals surface area contributed by atoms with Crippen LogP contribution in [-0.4, -0.2) is 40.9 Å². The van der Waals surface area contributed by atoms with Gasteiger partial charge >= 0.3 is 0 Å². The number of amidine groups is 1. The van der Waals surface area contributed by atoms with Crippen LogP contribution in [0.15, 0.2) is 42.5 Å². The lowest BCUT2D eigenvalue weighted by Crippen LogP contribution is -2.57. The average Bonchev–Trinajstić information content (AvgIpc) is 2.98. The van der Waals surface area contributed by atoms with Gasteiger partial charge in [0.15, 0.2) is 6.04 Å². The molecule has 9 nitrogen and oxygen atoms in total. The van der Waals surface area contributed by atoms with Gasteiger partial charge in [0.2, 0.25) is 5.91 Å². The highest BCUT2D eigenvalue weighted by atomic mass is 16.6. The lowest BCUT2D eigenvalue weighted by molar-refractivity contribution is -0.126. The van der Waals surface area contributed by atoms with Crippen LogP contribution in [-0.2, 0) is 17.8 Å². The number of amides is 2. The van der Waals surface area contributed by atoms with Crippen LogP contribution in [0.3, 0.4) is 0 Å². The molecule has 164 valence electrons. The second-order valence-corrected chi connectivity index (χ2v) is 8.52. The Labute approximate surface area is 180 Å². The molecule has 2 amide bonds. The van der Waals surface area contributed by atoms with Crippen LogP contribution in [0, 0.1) is 10.6 Å². The molecule has 1 aliphatic heterocycles. The van der Waals surface area contributed by atoms with Crippen LogP contribution >= 0.6 is 0 Å². The summed E-state index contributed by atoms with van der Waals surface area (Å²) in [5.41, 5.74) is 12.2. The number of nitrogen functional groups attached to an aromatic ring is 1. The molecule has 31 heavy (non-hydrogen) atoms. The number of quaternary nitrogens is 1. The number of nitrogens with one attached hydrogen (secondary N) is 2. The number of aliphatic hydroxyl groups is 1. The fraction of sp³-hybridized carbons (Fsp3) is 0.318. The first kappa shape index (κ1) is 22.4. The molecule has 1 aliphatic rings. The van der Waals surface area contributed by atoms with Gasteiger partial charge in [0.05, 0.1) is 5.60 Å². The summed E-state index contributed by atoms with van der Waals surface area (Å²) in [7, 11) is 0. The maximum absolute atomic E-state index is 14.2. The molecule has 2 aromatic rings. The Morgan fingerprint density at radius 2 is 1.81 bits per heavy atom. The van der Waals surface area contributed by atoms with E-state index in [0.29, 0.717) is 27.9 Å². The van der Waals surface area contributed by atoms with Gasteiger partial charge in [-0.2, -0.15) is 0 Å². The molecule has 2 atom stereocenters. The maximum atomic E-state index is 14.2. The zero-order valence-corrected chi connectivity index (χ0v) is 17.5. The van der Waals surface area contributed by atoms with Crippen molar-refractivity contribution in [3.63, 3.8) is 0 Å². The van der Waals surface area contributed by atoms with Crippen molar-refractivity contribution in [1.82, 2.24) is 9.96 Å². The minimum absolute atomic E-state index is 0.00465. The van der Waals surface area contributed by atoms with E-state index in [4.69, 9.17) is 16.9 Å². The Morgan fingerprint density at radius 3 is 2.35 bits per heavy atom. The monoisotopic (exact) mass is 425 g/mol. The van der Waals surface area contributed by atoms with Crippen LogP contribution in [0.1, 0.15) is 40.9 Å². The van der Waals surface area contributed by atoms with Crippen LogP contribution in [0.2, 0.25) is 0 Å². The standard InChI is InChI=1S/C22H27N5O4/c1-22(2,30)12-26-21(29)18-9-15-7-8-16(19(23)24)10-17(15)27(18,31)11-13-3-5-14(6-4-13)20(25)28/h3-8,10,18,30H,9,11-12H2,1-2H3,(H3,23,24)(H2,25,28)(H,26,29). The number of hydrogen-bond acceptors (Lipinski definition) is 5. The van der Waals surface area contributed by atoms with Crippen molar-refractivity contribution in [2.24, 2.45) is 11.5 Å². The molecule has 0 spiro atoms. The van der Waals surface area contributed by atoms with E-state index in [1.165, 1.54) is 12.1 Å². The van der Waals surface area contributed by atoms with E-state index >= 15 is 0 Å². The highest BCUT2D eigenvalue weighted by molar-refractivity contribution is 5.97. The van der Waals surface area contributed by atoms with Gasteiger partial charge in [0, 0.05) is 41.3 Å². The first-order chi connectivity index (χ1) is 14.4. The maximum Gasteiger partial charge on any atom is 0.279 e. The summed E-state index contributed by atoms with van der Waals surface area (Å²) in [4.78, 5) is 24.3. The van der Waals surface area contributed by atoms with Crippen LogP contribution in [0.5, 0.6) is 0 Å². The molecule has 2 unspecified atom stereocenters. The van der Waals surface area contributed by atoms with Crippen molar-refractivity contribution in [3.8, 4) is 0 Å². The SMILES string of the molecule is CC(C)(O)CNC(=O)C1Cc2ccc(C(=N)N)cc2[N+]1([O-])Cc1ccc(C(N)=O)cc1. The lowest BCUT2D eigenvalue weighted by atomic mass is 10.1. The zero-order valence-electron chi connectivity index (χ0n) is 17.5. The number of rotatable bonds is 7. The van der Waals surface area contributed by atoms with Gasteiger partial charge in [0.1, 0.15) is 18.1 Å². The van der Waals surface area contributed by atoms with Gasteiger partial charge in [-0.1, -0.05) is 24.3 Å². The van der Waals surface area contributed by atoms with Gasteiger partial charge in [-0.3, -0.25) is 15.0 Å². The van der Waals surface area contributed by atoms with E-state index in [2.05, 4.69) is 5.32 Å². The molecule has 2 aromatic carbocycles. The van der Waals surface area contributed by atoms with Gasteiger partial charge in [-0.15, -0.1) is 0 Å². The first-order valence-electron chi connectivity index (χ1n) is 9.86. The summed E-state index contributed by atoms with van der Waals surface area (Å²) in [5.74, 6) is -1.21. The van der Waals surface area contributed by atoms with Gasteiger partial charge in [-0.05, 0) is 26.0 Å². The van der Waals surface area contributed by atoms with Crippen molar-refractivity contribution in [1.29, 1.82) is 5.41 Å². The number of fused-ring (bicyclic) bond motifs is 1. The lowest BCUT2D eigenvalue weighted by Gasteiger charge is -2.43. The number of hydrogen-bond donors (Lipinski definition) is 5. The molecule has 9 heteroatoms. The minimum atomic E-state index is -1.12. The summed E-state index contributed by atoms with van der Waals surface area (Å²) in [5, 5.41) is 34.5. The topological polar surface area (TPSA) is 165 Å². The third-order valence-electron chi connectivity index (χ3n) is 5.37. The normalized spacial score (nSPS) is 20.2. The third kappa shape index (κ3) is 4.74. The number of nitrogens with zero attached hydrogens (tertiary/aromatic N) is 1. The van der Waals surface area contributed by atoms with Crippen molar-refractivity contribution in [3.05, 3.63) is 69.9 Å². The van der Waals surface area contributed by atoms with Gasteiger partial charge < -0.3 is 31.7 Å². The smallest absolute Gasteiger partial charge is 0.279 e. The molecular weight excluding hydrogens is 398 g/mol. The van der Waals surface area contributed by atoms with Crippen molar-refractivity contribution >= 4 is 23.3 Å². The minimum Gasteiger partial charge on any atom is -0.627 e. The van der Waals surface area contributed by atoms with Crippen molar-refractivity contribution in [2.45, 2.75) is 38.5 Å². The van der Waals surface area contributed by atoms with E-state index in [0.717, 1.165) is 0 Å². The molecule has 0 saturated carbocycles. The zero-order chi connectivity index (χ0) is 23.0. The predicted molar refractivity (Wildman–Crippen MR) is 118 cm³/mol. The van der Waals surface area contributed by atoms with E-state index < -0.39 is 28.1 Å². The number of carbonyl (C=O) groups excluding carboxylic acids is 2. The summed E-state index contributed by atoms with van der Waals surface area (Å²) in [6.07, 6.45) is 0.216. The van der Waals surface area contributed by atoms with Crippen molar-refractivity contribution < 1.29 is 14.7 Å². The van der Waals surface area contributed by atoms with Gasteiger partial charge in [-0.25, -0.2) is 0 Å². The second-order valence-electron chi connectivity index (χ2n) is 8.52. The Balaban J connectivity index is 1.99. The number of benzene rings is 2. The Morgan fingerprint density at radius 1 is 1.19 bits per heavy atom. The Kier molecular flexibility index (Phi) is 5.86. The fourth-order valence-electron chi connectivity index (χ4n) is 3.72. The molecule has 0 aromatic heterocycles. The van der Waals surface area contributed by atoms with E-state index in [9.17, 15) is 19.9 Å². The summed E-state index contributed by atoms with van der Waals surface area (Å²) < 4.78 is -0.968. The molecular formula is C22H27N5O4.